The zero-order valence-corrected chi connectivity index (χ0v) is 16.2. The third-order valence-corrected chi connectivity index (χ3v) is 4.51. The summed E-state index contributed by atoms with van der Waals surface area (Å²) in [5, 5.41) is 12.8. The number of para-hydroxylation sites is 2. The fourth-order valence-electron chi connectivity index (χ4n) is 2.85. The first-order valence-corrected chi connectivity index (χ1v) is 9.30. The number of esters is 1. The summed E-state index contributed by atoms with van der Waals surface area (Å²) in [5.41, 5.74) is 2.27. The van der Waals surface area contributed by atoms with Gasteiger partial charge in [-0.2, -0.15) is 5.26 Å². The molecule has 0 saturated heterocycles. The van der Waals surface area contributed by atoms with Crippen molar-refractivity contribution in [3.8, 4) is 6.07 Å². The predicted octanol–water partition coefficient (Wildman–Crippen LogP) is 4.40. The number of ether oxygens (including phenoxy) is 1. The van der Waals surface area contributed by atoms with Gasteiger partial charge < -0.3 is 14.6 Å². The van der Waals surface area contributed by atoms with Gasteiger partial charge in [0.15, 0.2) is 6.61 Å². The van der Waals surface area contributed by atoms with Crippen molar-refractivity contribution in [2.75, 3.05) is 11.9 Å². The Bertz CT molecular complexity index is 1110. The van der Waals surface area contributed by atoms with Crippen LogP contribution in [0.1, 0.15) is 12.0 Å². The third kappa shape index (κ3) is 5.24. The van der Waals surface area contributed by atoms with Gasteiger partial charge in [0.05, 0.1) is 23.2 Å². The Morgan fingerprint density at radius 1 is 1.17 bits per heavy atom. The molecule has 29 heavy (non-hydrogen) atoms. The van der Waals surface area contributed by atoms with Gasteiger partial charge in [-0.25, -0.2) is 4.79 Å². The maximum Gasteiger partial charge on any atom is 0.331 e. The highest BCUT2D eigenvalue weighted by molar-refractivity contribution is 6.33. The average Bonchev–Trinajstić information content (AvgIpc) is 3.09. The number of halogens is 1. The summed E-state index contributed by atoms with van der Waals surface area (Å²) in [4.78, 5) is 23.9. The number of aryl methyl sites for hydroxylation is 1. The molecule has 0 aliphatic heterocycles. The smallest absolute Gasteiger partial charge is 0.331 e. The van der Waals surface area contributed by atoms with Crippen molar-refractivity contribution in [2.24, 2.45) is 0 Å². The molecule has 0 spiro atoms. The van der Waals surface area contributed by atoms with Gasteiger partial charge in [-0.05, 0) is 24.3 Å². The third-order valence-electron chi connectivity index (χ3n) is 4.18. The van der Waals surface area contributed by atoms with E-state index in [1.54, 1.807) is 30.3 Å². The van der Waals surface area contributed by atoms with E-state index in [0.717, 1.165) is 16.5 Å². The van der Waals surface area contributed by atoms with Gasteiger partial charge in [0.25, 0.3) is 5.91 Å². The minimum absolute atomic E-state index is 0.393. The molecule has 1 aromatic heterocycles. The normalized spacial score (nSPS) is 10.8. The van der Waals surface area contributed by atoms with Crippen LogP contribution in [0.5, 0.6) is 0 Å². The maximum absolute atomic E-state index is 12.0. The Labute approximate surface area is 173 Å². The summed E-state index contributed by atoms with van der Waals surface area (Å²) in [6, 6.07) is 16.7. The minimum Gasteiger partial charge on any atom is -0.452 e. The van der Waals surface area contributed by atoms with E-state index in [9.17, 15) is 9.59 Å². The topological polar surface area (TPSA) is 84.1 Å². The van der Waals surface area contributed by atoms with Gasteiger partial charge in [0.2, 0.25) is 0 Å². The second-order valence-corrected chi connectivity index (χ2v) is 6.58. The van der Waals surface area contributed by atoms with Crippen molar-refractivity contribution in [3.05, 3.63) is 71.4 Å². The first-order valence-electron chi connectivity index (χ1n) is 8.92. The van der Waals surface area contributed by atoms with Crippen molar-refractivity contribution in [2.45, 2.75) is 13.0 Å². The summed E-state index contributed by atoms with van der Waals surface area (Å²) >= 11 is 5.98. The van der Waals surface area contributed by atoms with Crippen molar-refractivity contribution in [1.82, 2.24) is 4.57 Å². The van der Waals surface area contributed by atoms with E-state index in [-0.39, 0.29) is 0 Å². The molecule has 3 rings (SSSR count). The largest absolute Gasteiger partial charge is 0.452 e. The summed E-state index contributed by atoms with van der Waals surface area (Å²) in [7, 11) is 0. The van der Waals surface area contributed by atoms with Crippen LogP contribution in [0.15, 0.2) is 60.8 Å². The molecule has 6 nitrogen and oxygen atoms in total. The van der Waals surface area contributed by atoms with E-state index in [2.05, 4.69) is 11.4 Å². The van der Waals surface area contributed by atoms with E-state index >= 15 is 0 Å². The molecule has 3 aromatic rings. The van der Waals surface area contributed by atoms with E-state index in [1.165, 1.54) is 6.08 Å². The van der Waals surface area contributed by atoms with E-state index in [4.69, 9.17) is 21.6 Å². The Hall–Kier alpha value is -3.56. The number of benzene rings is 2. The zero-order chi connectivity index (χ0) is 20.6. The van der Waals surface area contributed by atoms with E-state index in [1.807, 2.05) is 35.0 Å². The number of nitrogens with zero attached hydrogens (tertiary/aromatic N) is 2. The lowest BCUT2D eigenvalue weighted by atomic mass is 10.1. The molecule has 1 N–H and O–H groups in total. The molecule has 0 atom stereocenters. The summed E-state index contributed by atoms with van der Waals surface area (Å²) in [6.07, 6.45) is 5.19. The molecule has 7 heteroatoms. The molecule has 0 fully saturated rings. The lowest BCUT2D eigenvalue weighted by Crippen LogP contribution is -2.20. The van der Waals surface area contributed by atoms with Crippen LogP contribution in [0.25, 0.3) is 17.0 Å². The highest BCUT2D eigenvalue weighted by Crippen LogP contribution is 2.23. The Balaban J connectivity index is 1.61. The second kappa shape index (κ2) is 9.58. The van der Waals surface area contributed by atoms with Crippen LogP contribution < -0.4 is 5.32 Å². The fraction of sp³-hybridized carbons (Fsp3) is 0.136. The number of nitrogens with one attached hydrogen (secondary N) is 1. The molecule has 0 aliphatic rings. The number of aromatic nitrogens is 1. The van der Waals surface area contributed by atoms with Crippen LogP contribution >= 0.6 is 11.6 Å². The maximum atomic E-state index is 12.0. The standard InChI is InChI=1S/C22H18ClN3O3/c23-18-7-2-3-8-19(18)25-21(27)15-29-22(28)11-10-16-14-26(13-5-12-24)20-9-4-1-6-17(16)20/h1-4,6-11,14H,5,13,15H2,(H,25,27)/b11-10+. The molecule has 2 aromatic carbocycles. The molecular formula is C22H18ClN3O3. The Morgan fingerprint density at radius 2 is 1.93 bits per heavy atom. The molecule has 146 valence electrons. The van der Waals surface area contributed by atoms with E-state index in [0.29, 0.717) is 23.7 Å². The van der Waals surface area contributed by atoms with E-state index < -0.39 is 18.5 Å². The minimum atomic E-state index is -0.631. The van der Waals surface area contributed by atoms with Gasteiger partial charge >= 0.3 is 5.97 Å². The fourth-order valence-corrected chi connectivity index (χ4v) is 3.04. The van der Waals surface area contributed by atoms with Gasteiger partial charge in [-0.3, -0.25) is 4.79 Å². The van der Waals surface area contributed by atoms with Crippen LogP contribution in [-0.2, 0) is 20.9 Å². The number of hydrogen-bond acceptors (Lipinski definition) is 4. The van der Waals surface area contributed by atoms with Gasteiger partial charge in [0.1, 0.15) is 0 Å². The summed E-state index contributed by atoms with van der Waals surface area (Å²) in [6.45, 7) is 0.149. The second-order valence-electron chi connectivity index (χ2n) is 6.17. The van der Waals surface area contributed by atoms with Crippen LogP contribution in [0.3, 0.4) is 0 Å². The molecule has 0 radical (unpaired) electrons. The summed E-state index contributed by atoms with van der Waals surface area (Å²) in [5.74, 6) is -1.11. The molecule has 0 aliphatic carbocycles. The number of rotatable bonds is 7. The number of carbonyl (C=O) groups is 2. The number of carbonyl (C=O) groups excluding carboxylic acids is 2. The van der Waals surface area contributed by atoms with Crippen LogP contribution in [0.4, 0.5) is 5.69 Å². The monoisotopic (exact) mass is 407 g/mol. The first-order chi connectivity index (χ1) is 14.1. The Morgan fingerprint density at radius 3 is 2.72 bits per heavy atom. The SMILES string of the molecule is N#CCCn1cc(/C=C/C(=O)OCC(=O)Nc2ccccc2Cl)c2ccccc21. The number of hydrogen-bond donors (Lipinski definition) is 1. The lowest BCUT2D eigenvalue weighted by molar-refractivity contribution is -0.142. The van der Waals surface area contributed by atoms with Gasteiger partial charge in [-0.15, -0.1) is 0 Å². The van der Waals surface area contributed by atoms with Crippen LogP contribution in [-0.4, -0.2) is 23.1 Å². The number of nitriles is 1. The highest BCUT2D eigenvalue weighted by atomic mass is 35.5. The van der Waals surface area contributed by atoms with Crippen molar-refractivity contribution in [1.29, 1.82) is 5.26 Å². The van der Waals surface area contributed by atoms with Gasteiger partial charge in [-0.1, -0.05) is 41.9 Å². The lowest BCUT2D eigenvalue weighted by Gasteiger charge is -2.06. The Kier molecular flexibility index (Phi) is 6.67. The van der Waals surface area contributed by atoms with Gasteiger partial charge in [0, 0.05) is 35.3 Å². The first kappa shape index (κ1) is 20.2. The quantitative estimate of drug-likeness (QED) is 0.464. The average molecular weight is 408 g/mol. The molecule has 1 amide bonds. The molecular weight excluding hydrogens is 390 g/mol. The highest BCUT2D eigenvalue weighted by Gasteiger charge is 2.09. The summed E-state index contributed by atoms with van der Waals surface area (Å²) < 4.78 is 6.96. The molecule has 1 heterocycles. The molecule has 0 bridgehead atoms. The van der Waals surface area contributed by atoms with Crippen LogP contribution in [0.2, 0.25) is 5.02 Å². The predicted molar refractivity (Wildman–Crippen MR) is 112 cm³/mol. The number of anilines is 1. The zero-order valence-electron chi connectivity index (χ0n) is 15.5. The molecule has 0 unspecified atom stereocenters. The number of amides is 1. The van der Waals surface area contributed by atoms with Crippen molar-refractivity contribution in [3.63, 3.8) is 0 Å². The van der Waals surface area contributed by atoms with Crippen molar-refractivity contribution >= 4 is 46.1 Å². The van der Waals surface area contributed by atoms with Crippen LogP contribution in [0, 0.1) is 11.3 Å². The number of fused-ring (bicyclic) bond motifs is 1. The molecule has 0 saturated carbocycles. The van der Waals surface area contributed by atoms with Crippen molar-refractivity contribution < 1.29 is 14.3 Å².